The van der Waals surface area contributed by atoms with Crippen LogP contribution in [-0.4, -0.2) is 49.6 Å². The van der Waals surface area contributed by atoms with Gasteiger partial charge in [-0.1, -0.05) is 18.2 Å². The molecule has 1 fully saturated rings. The Kier molecular flexibility index (Phi) is 6.60. The van der Waals surface area contributed by atoms with E-state index in [-0.39, 0.29) is 12.1 Å². The van der Waals surface area contributed by atoms with Gasteiger partial charge in [0.1, 0.15) is 5.82 Å². The van der Waals surface area contributed by atoms with Gasteiger partial charge < -0.3 is 5.32 Å². The maximum Gasteiger partial charge on any atom is 0.324 e. The molecule has 3 aromatic rings. The summed E-state index contributed by atoms with van der Waals surface area (Å²) in [6.07, 6.45) is 3.75. The van der Waals surface area contributed by atoms with Gasteiger partial charge >= 0.3 is 6.03 Å². The number of para-hydroxylation sites is 1. The highest BCUT2D eigenvalue weighted by Gasteiger charge is 2.26. The van der Waals surface area contributed by atoms with Crippen LogP contribution in [0.5, 0.6) is 0 Å². The highest BCUT2D eigenvalue weighted by atomic mass is 16.2. The zero-order chi connectivity index (χ0) is 22.7. The summed E-state index contributed by atoms with van der Waals surface area (Å²) in [5.74, 6) is 0.727. The minimum atomic E-state index is -0.253. The molecule has 32 heavy (non-hydrogen) atoms. The molecule has 0 unspecified atom stereocenters. The van der Waals surface area contributed by atoms with E-state index in [0.717, 1.165) is 55.2 Å². The second kappa shape index (κ2) is 9.56. The number of aromatic nitrogens is 4. The second-order valence-electron chi connectivity index (χ2n) is 8.78. The van der Waals surface area contributed by atoms with Crippen LogP contribution < -0.4 is 10.6 Å². The minimum absolute atomic E-state index is 0.253. The van der Waals surface area contributed by atoms with Gasteiger partial charge in [-0.15, -0.1) is 0 Å². The van der Waals surface area contributed by atoms with E-state index in [0.29, 0.717) is 6.04 Å². The van der Waals surface area contributed by atoms with E-state index in [2.05, 4.69) is 50.3 Å². The number of benzene rings is 1. The monoisotopic (exact) mass is 435 g/mol. The Labute approximate surface area is 189 Å². The first kappa shape index (κ1) is 22.1. The van der Waals surface area contributed by atoms with E-state index in [1.54, 1.807) is 6.20 Å². The van der Waals surface area contributed by atoms with Crippen LogP contribution >= 0.6 is 0 Å². The molecule has 8 heteroatoms. The lowest BCUT2D eigenvalue weighted by atomic mass is 10.0. The predicted molar refractivity (Wildman–Crippen MR) is 127 cm³/mol. The zero-order valence-electron chi connectivity index (χ0n) is 19.4. The topological polar surface area (TPSA) is 80.0 Å². The molecule has 170 valence electrons. The first-order valence-corrected chi connectivity index (χ1v) is 11.3. The predicted octanol–water partition coefficient (Wildman–Crippen LogP) is 4.37. The van der Waals surface area contributed by atoms with E-state index in [9.17, 15) is 4.79 Å². The average Bonchev–Trinajstić information content (AvgIpc) is 3.35. The number of nitrogens with zero attached hydrogens (tertiary/aromatic N) is 5. The van der Waals surface area contributed by atoms with E-state index in [4.69, 9.17) is 0 Å². The molecule has 0 spiro atoms. The summed E-state index contributed by atoms with van der Waals surface area (Å²) in [6.45, 7) is 11.3. The van der Waals surface area contributed by atoms with Gasteiger partial charge in [-0.25, -0.2) is 9.48 Å². The summed E-state index contributed by atoms with van der Waals surface area (Å²) in [5.41, 5.74) is 4.11. The number of carbonyl (C=O) groups is 1. The van der Waals surface area contributed by atoms with Gasteiger partial charge in [0.25, 0.3) is 0 Å². The van der Waals surface area contributed by atoms with Crippen molar-refractivity contribution in [3.63, 3.8) is 0 Å². The first-order chi connectivity index (χ1) is 15.4. The number of hydrogen-bond acceptors (Lipinski definition) is 4. The van der Waals surface area contributed by atoms with E-state index in [1.165, 1.54) is 5.69 Å². The fourth-order valence-electron chi connectivity index (χ4n) is 4.48. The van der Waals surface area contributed by atoms with Gasteiger partial charge in [0.2, 0.25) is 0 Å². The van der Waals surface area contributed by atoms with Crippen molar-refractivity contribution in [2.45, 2.75) is 59.2 Å². The lowest BCUT2D eigenvalue weighted by molar-refractivity contribution is 0.126. The van der Waals surface area contributed by atoms with Crippen molar-refractivity contribution in [1.29, 1.82) is 0 Å². The Bertz CT molecular complexity index is 1060. The summed E-state index contributed by atoms with van der Waals surface area (Å²) in [6, 6.07) is 12.2. The molecule has 1 atom stereocenters. The minimum Gasteiger partial charge on any atom is -0.307 e. The Hall–Kier alpha value is -3.13. The number of carbonyl (C=O) groups excluding carboxylic acids is 1. The number of piperidine rings is 1. The summed E-state index contributed by atoms with van der Waals surface area (Å²) < 4.78 is 4.06. The maximum absolute atomic E-state index is 12.5. The molecular weight excluding hydrogens is 402 g/mol. The number of rotatable bonds is 6. The summed E-state index contributed by atoms with van der Waals surface area (Å²) >= 11 is 0. The van der Waals surface area contributed by atoms with E-state index >= 15 is 0 Å². The third-order valence-corrected chi connectivity index (χ3v) is 6.31. The Morgan fingerprint density at radius 2 is 1.88 bits per heavy atom. The Morgan fingerprint density at radius 3 is 2.56 bits per heavy atom. The molecule has 8 nitrogen and oxygen atoms in total. The number of hydrogen-bond donors (Lipinski definition) is 2. The number of nitrogens with one attached hydrogen (secondary N) is 2. The van der Waals surface area contributed by atoms with Crippen molar-refractivity contribution in [2.24, 2.45) is 0 Å². The maximum atomic E-state index is 12.5. The molecule has 1 aliphatic rings. The molecule has 0 radical (unpaired) electrons. The van der Waals surface area contributed by atoms with Crippen molar-refractivity contribution in [1.82, 2.24) is 24.5 Å². The van der Waals surface area contributed by atoms with Gasteiger partial charge in [0, 0.05) is 36.6 Å². The molecule has 2 N–H and O–H groups in total. The zero-order valence-corrected chi connectivity index (χ0v) is 19.4. The van der Waals surface area contributed by atoms with Crippen LogP contribution in [0.15, 0.2) is 42.6 Å². The third-order valence-electron chi connectivity index (χ3n) is 6.31. The number of anilines is 2. The fraction of sp³-hybridized carbons (Fsp3) is 0.458. The fourth-order valence-corrected chi connectivity index (χ4v) is 4.48. The number of aryl methyl sites for hydroxylation is 3. The van der Waals surface area contributed by atoms with Crippen LogP contribution in [0.25, 0.3) is 0 Å². The molecule has 2 amide bonds. The highest BCUT2D eigenvalue weighted by Crippen LogP contribution is 2.27. The molecule has 1 saturated heterocycles. The Balaban J connectivity index is 1.32. The second-order valence-corrected chi connectivity index (χ2v) is 8.78. The highest BCUT2D eigenvalue weighted by molar-refractivity contribution is 5.99. The number of urea groups is 1. The van der Waals surface area contributed by atoms with Gasteiger partial charge in [-0.05, 0) is 58.2 Å². The summed E-state index contributed by atoms with van der Waals surface area (Å²) in [5, 5.41) is 15.0. The molecule has 0 saturated carbocycles. The molecule has 0 aliphatic carbocycles. The van der Waals surface area contributed by atoms with Gasteiger partial charge in [0.15, 0.2) is 0 Å². The van der Waals surface area contributed by atoms with Crippen LogP contribution in [-0.2, 0) is 6.54 Å². The van der Waals surface area contributed by atoms with Gasteiger partial charge in [0.05, 0.1) is 24.5 Å². The lowest BCUT2D eigenvalue weighted by Gasteiger charge is -2.36. The van der Waals surface area contributed by atoms with Crippen molar-refractivity contribution >= 4 is 17.5 Å². The average molecular weight is 436 g/mol. The van der Waals surface area contributed by atoms with Crippen LogP contribution in [0.4, 0.5) is 16.3 Å². The van der Waals surface area contributed by atoms with Crippen LogP contribution in [0.1, 0.15) is 42.8 Å². The summed E-state index contributed by atoms with van der Waals surface area (Å²) in [4.78, 5) is 15.1. The van der Waals surface area contributed by atoms with E-state index in [1.807, 2.05) is 48.9 Å². The number of likely N-dealkylation sites (tertiary alicyclic amines) is 1. The molecule has 1 aliphatic heterocycles. The smallest absolute Gasteiger partial charge is 0.307 e. The summed E-state index contributed by atoms with van der Waals surface area (Å²) in [7, 11) is 0. The quantitative estimate of drug-likeness (QED) is 0.602. The molecule has 3 heterocycles. The normalized spacial score (nSPS) is 16.1. The van der Waals surface area contributed by atoms with Crippen LogP contribution in [0.3, 0.4) is 0 Å². The largest absolute Gasteiger partial charge is 0.324 e. The van der Waals surface area contributed by atoms with E-state index < -0.39 is 0 Å². The van der Waals surface area contributed by atoms with Gasteiger partial charge in [-0.2, -0.15) is 10.2 Å². The number of amides is 2. The standard InChI is InChI=1S/C24H33N7O/c1-17-7-5-6-8-22(17)26-24(32)27-23-9-12-25-31(23)21-10-13-29(14-11-21)20(4)16-30-19(3)15-18(2)28-30/h5-9,12,15,20-21H,10-11,13-14,16H2,1-4H3,(H2,26,27,32)/t20-/m0/s1. The van der Waals surface area contributed by atoms with Crippen LogP contribution in [0.2, 0.25) is 0 Å². The molecule has 2 aromatic heterocycles. The van der Waals surface area contributed by atoms with Crippen LogP contribution in [0, 0.1) is 20.8 Å². The molecular formula is C24H33N7O. The van der Waals surface area contributed by atoms with Crippen molar-refractivity contribution < 1.29 is 4.79 Å². The molecule has 0 bridgehead atoms. The van der Waals surface area contributed by atoms with Crippen molar-refractivity contribution in [2.75, 3.05) is 23.7 Å². The van der Waals surface area contributed by atoms with Crippen molar-refractivity contribution in [3.8, 4) is 0 Å². The first-order valence-electron chi connectivity index (χ1n) is 11.3. The lowest BCUT2D eigenvalue weighted by Crippen LogP contribution is -2.42. The third kappa shape index (κ3) is 5.02. The van der Waals surface area contributed by atoms with Gasteiger partial charge in [-0.3, -0.25) is 14.9 Å². The van der Waals surface area contributed by atoms with Crippen molar-refractivity contribution in [3.05, 3.63) is 59.5 Å². The SMILES string of the molecule is Cc1cc(C)n(C[C@H](C)N2CCC(n3nccc3NC(=O)Nc3ccccc3C)CC2)n1. The molecule has 1 aromatic carbocycles. The Morgan fingerprint density at radius 1 is 1.12 bits per heavy atom. The molecule has 4 rings (SSSR count).